The van der Waals surface area contributed by atoms with Gasteiger partial charge in [-0.3, -0.25) is 4.98 Å². The van der Waals surface area contributed by atoms with Crippen LogP contribution in [-0.4, -0.2) is 17.7 Å². The van der Waals surface area contributed by atoms with Crippen LogP contribution in [0.2, 0.25) is 6.82 Å². The molecule has 0 radical (unpaired) electrons. The highest BCUT2D eigenvalue weighted by atomic mass is 16.7. The predicted octanol–water partition coefficient (Wildman–Crippen LogP) is 2.55. The molecule has 3 nitrogen and oxygen atoms in total. The number of aryl methyl sites for hydroxylation is 1. The molecule has 4 heteroatoms. The fourth-order valence-corrected chi connectivity index (χ4v) is 2.40. The van der Waals surface area contributed by atoms with Gasteiger partial charge in [-0.25, -0.2) is 0 Å². The highest BCUT2D eigenvalue weighted by Crippen LogP contribution is 2.45. The van der Waals surface area contributed by atoms with Gasteiger partial charge in [-0.05, 0) is 40.6 Å². The number of rotatable bonds is 1. The third kappa shape index (κ3) is 1.57. The molecule has 1 aromatic rings. The van der Waals surface area contributed by atoms with Crippen LogP contribution in [0.1, 0.15) is 32.0 Å². The average molecular weight is 219 g/mol. The van der Waals surface area contributed by atoms with E-state index in [1.54, 1.807) is 6.20 Å². The quantitative estimate of drug-likeness (QED) is 0.680. The number of hydrogen-bond acceptors (Lipinski definition) is 3. The van der Waals surface area contributed by atoms with Crippen molar-refractivity contribution < 1.29 is 9.31 Å². The summed E-state index contributed by atoms with van der Waals surface area (Å²) in [4.78, 5) is 4.32. The molecule has 2 rings (SSSR count). The molecule has 0 amide bonds. The van der Waals surface area contributed by atoms with Gasteiger partial charge in [0.05, 0.1) is 5.60 Å². The summed E-state index contributed by atoms with van der Waals surface area (Å²) in [7, 11) is -0.181. The Balaban J connectivity index is 2.51. The zero-order chi connectivity index (χ0) is 12.0. The summed E-state index contributed by atoms with van der Waals surface area (Å²) in [6.45, 7) is 10.1. The van der Waals surface area contributed by atoms with Crippen LogP contribution in [0.3, 0.4) is 0 Å². The monoisotopic (exact) mass is 219 g/mol. The second-order valence-corrected chi connectivity index (χ2v) is 4.98. The first-order chi connectivity index (χ1) is 7.37. The summed E-state index contributed by atoms with van der Waals surface area (Å²) >= 11 is 0. The molecule has 1 aliphatic heterocycles. The fourth-order valence-electron chi connectivity index (χ4n) is 2.40. The summed E-state index contributed by atoms with van der Waals surface area (Å²) in [6, 6.07) is 4.00. The Kier molecular flexibility index (Phi) is 2.59. The highest BCUT2D eigenvalue weighted by molar-refractivity contribution is 6.43. The van der Waals surface area contributed by atoms with E-state index in [2.05, 4.69) is 31.8 Å². The first kappa shape index (κ1) is 11.6. The lowest BCUT2D eigenvalue weighted by atomic mass is 9.81. The van der Waals surface area contributed by atoms with Gasteiger partial charge in [0.15, 0.2) is 0 Å². The summed E-state index contributed by atoms with van der Waals surface area (Å²) in [6.07, 6.45) is 1.80. The molecular formula is C12H18BNO2. The molecule has 86 valence electrons. The summed E-state index contributed by atoms with van der Waals surface area (Å²) in [5.41, 5.74) is 1.31. The second-order valence-electron chi connectivity index (χ2n) is 4.98. The Morgan fingerprint density at radius 3 is 2.44 bits per heavy atom. The first-order valence-electron chi connectivity index (χ1n) is 5.64. The van der Waals surface area contributed by atoms with Gasteiger partial charge in [-0.1, -0.05) is 6.07 Å². The van der Waals surface area contributed by atoms with Gasteiger partial charge >= 0.3 is 7.12 Å². The van der Waals surface area contributed by atoms with Gasteiger partial charge in [-0.2, -0.15) is 0 Å². The molecule has 2 heterocycles. The van der Waals surface area contributed by atoms with Crippen molar-refractivity contribution in [1.82, 2.24) is 4.98 Å². The van der Waals surface area contributed by atoms with Crippen LogP contribution in [0.15, 0.2) is 18.3 Å². The van der Waals surface area contributed by atoms with Gasteiger partial charge in [0.2, 0.25) is 0 Å². The van der Waals surface area contributed by atoms with Crippen molar-refractivity contribution in [2.45, 2.75) is 45.7 Å². The molecule has 0 aromatic carbocycles. The molecule has 16 heavy (non-hydrogen) atoms. The van der Waals surface area contributed by atoms with E-state index in [0.717, 1.165) is 11.3 Å². The number of pyridine rings is 1. The van der Waals surface area contributed by atoms with Gasteiger partial charge in [-0.15, -0.1) is 0 Å². The van der Waals surface area contributed by atoms with Crippen molar-refractivity contribution in [3.05, 3.63) is 29.6 Å². The zero-order valence-corrected chi connectivity index (χ0v) is 10.6. The van der Waals surface area contributed by atoms with E-state index in [1.165, 1.54) is 0 Å². The Morgan fingerprint density at radius 1 is 1.25 bits per heavy atom. The summed E-state index contributed by atoms with van der Waals surface area (Å²) in [5, 5.41) is 0. The van der Waals surface area contributed by atoms with Crippen molar-refractivity contribution in [2.24, 2.45) is 0 Å². The van der Waals surface area contributed by atoms with Crippen LogP contribution in [0.25, 0.3) is 0 Å². The Morgan fingerprint density at radius 2 is 1.94 bits per heavy atom. The van der Waals surface area contributed by atoms with Crippen molar-refractivity contribution in [2.75, 3.05) is 0 Å². The number of aromatic nitrogens is 1. The van der Waals surface area contributed by atoms with Crippen LogP contribution in [-0.2, 0) is 14.9 Å². The topological polar surface area (TPSA) is 31.4 Å². The standard InChI is InChI=1S/C12H18BNO2/c1-9-10(7-6-8-14-9)12(4)11(2,3)15-13(5)16-12/h6-8H,1-5H3. The van der Waals surface area contributed by atoms with Crippen molar-refractivity contribution >= 4 is 7.12 Å². The largest absolute Gasteiger partial charge is 0.454 e. The minimum Gasteiger partial charge on any atom is -0.403 e. The maximum atomic E-state index is 5.97. The van der Waals surface area contributed by atoms with Crippen LogP contribution in [0.5, 0.6) is 0 Å². The predicted molar refractivity (Wildman–Crippen MR) is 64.2 cm³/mol. The maximum Gasteiger partial charge on any atom is 0.454 e. The van der Waals surface area contributed by atoms with Crippen molar-refractivity contribution in [3.8, 4) is 0 Å². The average Bonchev–Trinajstić information content (AvgIpc) is 2.36. The Hall–Kier alpha value is -0.865. The summed E-state index contributed by atoms with van der Waals surface area (Å²) in [5.74, 6) is 0. The van der Waals surface area contributed by atoms with E-state index < -0.39 is 5.60 Å². The molecule has 0 spiro atoms. The van der Waals surface area contributed by atoms with Crippen LogP contribution < -0.4 is 0 Å². The van der Waals surface area contributed by atoms with Crippen molar-refractivity contribution in [1.29, 1.82) is 0 Å². The van der Waals surface area contributed by atoms with E-state index in [0.29, 0.717) is 0 Å². The minimum atomic E-state index is -0.440. The zero-order valence-electron chi connectivity index (χ0n) is 10.6. The second kappa shape index (κ2) is 3.57. The van der Waals surface area contributed by atoms with Crippen LogP contribution in [0.4, 0.5) is 0 Å². The lowest BCUT2D eigenvalue weighted by Gasteiger charge is -2.37. The normalized spacial score (nSPS) is 28.4. The third-order valence-electron chi connectivity index (χ3n) is 3.53. The molecule has 0 saturated carbocycles. The smallest absolute Gasteiger partial charge is 0.403 e. The lowest BCUT2D eigenvalue weighted by molar-refractivity contribution is -0.0141. The molecule has 1 unspecified atom stereocenters. The van der Waals surface area contributed by atoms with Gasteiger partial charge in [0.1, 0.15) is 5.60 Å². The Bertz CT molecular complexity index is 408. The molecule has 0 aliphatic carbocycles. The van der Waals surface area contributed by atoms with Gasteiger partial charge < -0.3 is 9.31 Å². The molecule has 1 aromatic heterocycles. The Labute approximate surface area is 97.3 Å². The summed E-state index contributed by atoms with van der Waals surface area (Å²) < 4.78 is 11.8. The molecule has 0 bridgehead atoms. The SMILES string of the molecule is CB1OC(C)(C)C(C)(c2cccnc2C)O1. The highest BCUT2D eigenvalue weighted by Gasteiger charge is 2.53. The molecule has 1 atom stereocenters. The maximum absolute atomic E-state index is 5.97. The number of nitrogens with zero attached hydrogens (tertiary/aromatic N) is 1. The van der Waals surface area contributed by atoms with E-state index in [1.807, 2.05) is 19.8 Å². The fraction of sp³-hybridized carbons (Fsp3) is 0.583. The van der Waals surface area contributed by atoms with E-state index >= 15 is 0 Å². The van der Waals surface area contributed by atoms with E-state index in [-0.39, 0.29) is 12.7 Å². The molecular weight excluding hydrogens is 201 g/mol. The molecule has 0 N–H and O–H groups in total. The van der Waals surface area contributed by atoms with Crippen LogP contribution in [0, 0.1) is 6.92 Å². The molecule has 1 saturated heterocycles. The molecule has 1 aliphatic rings. The lowest BCUT2D eigenvalue weighted by Crippen LogP contribution is -2.42. The molecule has 1 fully saturated rings. The van der Waals surface area contributed by atoms with Gasteiger partial charge in [0.25, 0.3) is 0 Å². The van der Waals surface area contributed by atoms with Gasteiger partial charge in [0, 0.05) is 17.5 Å². The van der Waals surface area contributed by atoms with Crippen LogP contribution >= 0.6 is 0 Å². The first-order valence-corrected chi connectivity index (χ1v) is 5.64. The third-order valence-corrected chi connectivity index (χ3v) is 3.53. The van der Waals surface area contributed by atoms with E-state index in [4.69, 9.17) is 9.31 Å². The van der Waals surface area contributed by atoms with Crippen molar-refractivity contribution in [3.63, 3.8) is 0 Å². The number of hydrogen-bond donors (Lipinski definition) is 0. The minimum absolute atomic E-state index is 0.181. The van der Waals surface area contributed by atoms with E-state index in [9.17, 15) is 0 Å².